The summed E-state index contributed by atoms with van der Waals surface area (Å²) in [6.07, 6.45) is 0. The van der Waals surface area contributed by atoms with Gasteiger partial charge in [0, 0.05) is 5.92 Å². The molecular weight excluding hydrogens is 488 g/mol. The summed E-state index contributed by atoms with van der Waals surface area (Å²) in [6, 6.07) is 47.7. The molecule has 0 spiro atoms. The molecule has 40 heavy (non-hydrogen) atoms. The molecule has 0 bridgehead atoms. The lowest BCUT2D eigenvalue weighted by molar-refractivity contribution is -0.143. The van der Waals surface area contributed by atoms with Gasteiger partial charge in [-0.2, -0.15) is 0 Å². The number of benzene rings is 7. The third-order valence-corrected chi connectivity index (χ3v) is 8.62. The standard InChI is InChI=1S/C38H28O2/c1-38(37(39)40,27-15-3-2-4-16-27)36(34-23-25-13-5-7-17-28(25)30-19-9-11-21-32(30)34)35-24-26-14-6-8-18-29(26)31-20-10-12-22-33(31)35/h2-24,36H,1H3,(H,39,40)/t38-/m0/s1. The molecule has 0 aliphatic rings. The van der Waals surface area contributed by atoms with Gasteiger partial charge in [0.2, 0.25) is 0 Å². The van der Waals surface area contributed by atoms with Crippen molar-refractivity contribution in [2.45, 2.75) is 18.3 Å². The van der Waals surface area contributed by atoms with Crippen LogP contribution in [-0.2, 0) is 10.2 Å². The average Bonchev–Trinajstić information content (AvgIpc) is 3.01. The lowest BCUT2D eigenvalue weighted by Gasteiger charge is -2.37. The van der Waals surface area contributed by atoms with E-state index < -0.39 is 17.3 Å². The summed E-state index contributed by atoms with van der Waals surface area (Å²) in [5, 5.41) is 20.1. The van der Waals surface area contributed by atoms with Gasteiger partial charge < -0.3 is 5.11 Å². The van der Waals surface area contributed by atoms with Crippen molar-refractivity contribution in [1.82, 2.24) is 0 Å². The van der Waals surface area contributed by atoms with Crippen molar-refractivity contribution in [1.29, 1.82) is 0 Å². The molecule has 2 nitrogen and oxygen atoms in total. The number of rotatable bonds is 5. The Bertz CT molecular complexity index is 1940. The van der Waals surface area contributed by atoms with Gasteiger partial charge in [0.15, 0.2) is 0 Å². The van der Waals surface area contributed by atoms with Crippen LogP contribution in [-0.4, -0.2) is 11.1 Å². The van der Waals surface area contributed by atoms with Crippen molar-refractivity contribution in [3.05, 3.63) is 156 Å². The van der Waals surface area contributed by atoms with E-state index in [-0.39, 0.29) is 0 Å². The molecule has 0 saturated heterocycles. The molecule has 0 radical (unpaired) electrons. The largest absolute Gasteiger partial charge is 0.481 e. The molecule has 0 amide bonds. The van der Waals surface area contributed by atoms with Gasteiger partial charge in [-0.1, -0.05) is 127 Å². The normalized spacial score (nSPS) is 13.2. The number of hydrogen-bond donors (Lipinski definition) is 1. The lowest BCUT2D eigenvalue weighted by atomic mass is 9.64. The number of hydrogen-bond acceptors (Lipinski definition) is 1. The van der Waals surface area contributed by atoms with E-state index in [9.17, 15) is 9.90 Å². The molecule has 0 aromatic heterocycles. The third kappa shape index (κ3) is 3.60. The van der Waals surface area contributed by atoms with Crippen molar-refractivity contribution in [2.75, 3.05) is 0 Å². The Morgan fingerprint density at radius 3 is 1.35 bits per heavy atom. The van der Waals surface area contributed by atoms with Gasteiger partial charge in [-0.15, -0.1) is 0 Å². The summed E-state index contributed by atoms with van der Waals surface area (Å²) >= 11 is 0. The molecule has 0 fully saturated rings. The zero-order valence-electron chi connectivity index (χ0n) is 22.2. The Balaban J connectivity index is 1.69. The first-order chi connectivity index (χ1) is 19.6. The topological polar surface area (TPSA) is 37.3 Å². The highest BCUT2D eigenvalue weighted by Crippen LogP contribution is 2.49. The van der Waals surface area contributed by atoms with Crippen LogP contribution in [0.25, 0.3) is 43.1 Å². The predicted octanol–water partition coefficient (Wildman–Crippen LogP) is 9.47. The number of carboxylic acid groups (broad SMARTS) is 1. The minimum Gasteiger partial charge on any atom is -0.481 e. The van der Waals surface area contributed by atoms with Crippen LogP contribution >= 0.6 is 0 Å². The quantitative estimate of drug-likeness (QED) is 0.231. The van der Waals surface area contributed by atoms with Crippen LogP contribution in [0.4, 0.5) is 0 Å². The van der Waals surface area contributed by atoms with E-state index in [2.05, 4.69) is 109 Å². The highest BCUT2D eigenvalue weighted by atomic mass is 16.4. The first kappa shape index (κ1) is 24.1. The van der Waals surface area contributed by atoms with Crippen LogP contribution in [0.2, 0.25) is 0 Å². The van der Waals surface area contributed by atoms with Gasteiger partial charge >= 0.3 is 5.97 Å². The van der Waals surface area contributed by atoms with E-state index in [1.165, 1.54) is 10.8 Å². The van der Waals surface area contributed by atoms with Gasteiger partial charge in [0.05, 0.1) is 0 Å². The monoisotopic (exact) mass is 516 g/mol. The van der Waals surface area contributed by atoms with Gasteiger partial charge in [0.25, 0.3) is 0 Å². The Hall–Kier alpha value is -4.95. The minimum atomic E-state index is -1.25. The van der Waals surface area contributed by atoms with E-state index in [0.717, 1.165) is 49.0 Å². The molecule has 7 rings (SSSR count). The molecule has 1 N–H and O–H groups in total. The maximum absolute atomic E-state index is 13.6. The van der Waals surface area contributed by atoms with E-state index in [4.69, 9.17) is 0 Å². The SMILES string of the molecule is C[C@](C(=O)O)(c1ccccc1)C(c1cc2ccccc2c2ccccc12)c1cc2ccccc2c2ccccc12. The fourth-order valence-electron chi connectivity index (χ4n) is 6.63. The first-order valence-corrected chi connectivity index (χ1v) is 13.7. The van der Waals surface area contributed by atoms with Crippen LogP contribution in [0.5, 0.6) is 0 Å². The molecule has 0 unspecified atom stereocenters. The Morgan fingerprint density at radius 1 is 0.525 bits per heavy atom. The number of carbonyl (C=O) groups is 1. The second kappa shape index (κ2) is 9.36. The Morgan fingerprint density at radius 2 is 0.900 bits per heavy atom. The van der Waals surface area contributed by atoms with Crippen molar-refractivity contribution in [3.63, 3.8) is 0 Å². The maximum Gasteiger partial charge on any atom is 0.314 e. The van der Waals surface area contributed by atoms with Gasteiger partial charge in [0.1, 0.15) is 5.41 Å². The molecule has 7 aromatic carbocycles. The van der Waals surface area contributed by atoms with E-state index >= 15 is 0 Å². The maximum atomic E-state index is 13.6. The smallest absolute Gasteiger partial charge is 0.314 e. The minimum absolute atomic E-state index is 0.476. The summed E-state index contributed by atoms with van der Waals surface area (Å²) < 4.78 is 0. The van der Waals surface area contributed by atoms with Crippen LogP contribution in [0.3, 0.4) is 0 Å². The van der Waals surface area contributed by atoms with Crippen LogP contribution < -0.4 is 0 Å². The number of fused-ring (bicyclic) bond motifs is 6. The van der Waals surface area contributed by atoms with Gasteiger partial charge in [-0.05, 0) is 78.8 Å². The molecule has 1 atom stereocenters. The zero-order chi connectivity index (χ0) is 27.3. The lowest BCUT2D eigenvalue weighted by Crippen LogP contribution is -2.39. The number of aliphatic carboxylic acids is 1. The van der Waals surface area contributed by atoms with E-state index in [1.807, 2.05) is 37.3 Å². The molecule has 192 valence electrons. The molecule has 0 aliphatic heterocycles. The van der Waals surface area contributed by atoms with Crippen LogP contribution in [0.15, 0.2) is 140 Å². The Kier molecular flexibility index (Phi) is 5.64. The molecule has 0 aliphatic carbocycles. The fourth-order valence-corrected chi connectivity index (χ4v) is 6.63. The molecule has 2 heteroatoms. The van der Waals surface area contributed by atoms with Crippen molar-refractivity contribution in [2.24, 2.45) is 0 Å². The zero-order valence-corrected chi connectivity index (χ0v) is 22.2. The summed E-state index contributed by atoms with van der Waals surface area (Å²) in [7, 11) is 0. The average molecular weight is 517 g/mol. The second-order valence-corrected chi connectivity index (χ2v) is 10.8. The first-order valence-electron chi connectivity index (χ1n) is 13.7. The van der Waals surface area contributed by atoms with Crippen LogP contribution in [0.1, 0.15) is 29.5 Å². The highest BCUT2D eigenvalue weighted by Gasteiger charge is 2.46. The summed E-state index contributed by atoms with van der Waals surface area (Å²) in [4.78, 5) is 13.6. The molecular formula is C38H28O2. The fraction of sp³-hybridized carbons (Fsp3) is 0.0789. The van der Waals surface area contributed by atoms with Gasteiger partial charge in [-0.25, -0.2) is 0 Å². The third-order valence-electron chi connectivity index (χ3n) is 8.62. The summed E-state index contributed by atoms with van der Waals surface area (Å²) in [5.41, 5.74) is 1.56. The van der Waals surface area contributed by atoms with Crippen molar-refractivity contribution < 1.29 is 9.90 Å². The van der Waals surface area contributed by atoms with Crippen molar-refractivity contribution >= 4 is 49.1 Å². The Labute approximate surface area is 233 Å². The van der Waals surface area contributed by atoms with E-state index in [0.29, 0.717) is 0 Å². The molecule has 0 heterocycles. The predicted molar refractivity (Wildman–Crippen MR) is 166 cm³/mol. The highest BCUT2D eigenvalue weighted by molar-refractivity contribution is 6.12. The van der Waals surface area contributed by atoms with Crippen molar-refractivity contribution in [3.8, 4) is 0 Å². The van der Waals surface area contributed by atoms with Crippen LogP contribution in [0, 0.1) is 0 Å². The summed E-state index contributed by atoms with van der Waals surface area (Å²) in [5.74, 6) is -1.32. The second-order valence-electron chi connectivity index (χ2n) is 10.8. The van der Waals surface area contributed by atoms with E-state index in [1.54, 1.807) is 0 Å². The summed E-state index contributed by atoms with van der Waals surface area (Å²) in [6.45, 7) is 1.89. The van der Waals surface area contributed by atoms with Gasteiger partial charge in [-0.3, -0.25) is 4.79 Å². The number of carboxylic acids is 1. The molecule has 0 saturated carbocycles. The molecule has 7 aromatic rings.